The van der Waals surface area contributed by atoms with Crippen LogP contribution in [0.25, 0.3) is 89.7 Å². The highest BCUT2D eigenvalue weighted by Crippen LogP contribution is 2.48. The van der Waals surface area contributed by atoms with E-state index < -0.39 is 0 Å². The molecule has 128 heavy (non-hydrogen) atoms. The van der Waals surface area contributed by atoms with Gasteiger partial charge in [-0.25, -0.2) is 29.9 Å². The number of nitrogens with zero attached hydrogens (tertiary/aromatic N) is 6. The van der Waals surface area contributed by atoms with Gasteiger partial charge >= 0.3 is 0 Å². The van der Waals surface area contributed by atoms with E-state index in [0.29, 0.717) is 23.3 Å². The van der Waals surface area contributed by atoms with Gasteiger partial charge in [-0.2, -0.15) is 0 Å². The predicted octanol–water partition coefficient (Wildman–Crippen LogP) is 40.7. The van der Waals surface area contributed by atoms with Crippen LogP contribution in [0.3, 0.4) is 0 Å². The maximum Gasteiger partial charge on any atom is 0.164 e. The molecule has 0 atom stereocenters. The average Bonchev–Trinajstić information content (AvgIpc) is 1.59. The lowest BCUT2D eigenvalue weighted by Crippen LogP contribution is -1.91. The van der Waals surface area contributed by atoms with Gasteiger partial charge in [0.25, 0.3) is 0 Å². The van der Waals surface area contributed by atoms with Crippen LogP contribution in [0.4, 0.5) is 0 Å². The van der Waals surface area contributed by atoms with Gasteiger partial charge in [0.2, 0.25) is 0 Å². The first-order valence-corrected chi connectivity index (χ1v) is 61.8. The number of benzene rings is 4. The molecule has 0 aliphatic carbocycles. The number of aromatic amines is 2. The maximum atomic E-state index is 5.99. The quantitative estimate of drug-likeness (QED) is 0.0279. The van der Waals surface area contributed by atoms with Gasteiger partial charge in [0.1, 0.15) is 22.6 Å². The molecule has 9 rings (SSSR count). The minimum atomic E-state index is 0.715. The van der Waals surface area contributed by atoms with Crippen LogP contribution in [0.15, 0.2) is 87.7 Å². The minimum absolute atomic E-state index is 0.715. The highest BCUT2D eigenvalue weighted by atomic mass is 32.2. The normalized spacial score (nSPS) is 12.1. The van der Waals surface area contributed by atoms with E-state index in [1.54, 1.807) is 0 Å². The zero-order valence-corrected chi connectivity index (χ0v) is 89.0. The lowest BCUT2D eigenvalue weighted by Gasteiger charge is -2.12. The molecule has 16 heteroatoms. The van der Waals surface area contributed by atoms with Gasteiger partial charge in [-0.15, -0.1) is 94.1 Å². The third-order valence-corrected chi connectivity index (χ3v) is 35.8. The second kappa shape index (κ2) is 68.9. The van der Waals surface area contributed by atoms with Crippen LogP contribution in [-0.2, 0) is 0 Å². The molecule has 8 nitrogen and oxygen atoms in total. The number of nitrogens with one attached hydrogen (secondary N) is 2. The lowest BCUT2D eigenvalue weighted by atomic mass is 10.1. The molecule has 8 bridgehead atoms. The minimum Gasteiger partial charge on any atom is -0.324 e. The van der Waals surface area contributed by atoms with Crippen LogP contribution < -0.4 is 0 Å². The van der Waals surface area contributed by atoms with Gasteiger partial charge in [0.05, 0.1) is 0 Å². The first kappa shape index (κ1) is 109. The van der Waals surface area contributed by atoms with Gasteiger partial charge in [-0.05, 0) is 146 Å². The van der Waals surface area contributed by atoms with E-state index in [4.69, 9.17) is 29.9 Å². The number of unbranched alkanes of at least 4 members (excludes halogenated alkanes) is 56. The number of rotatable bonds is 80. The van der Waals surface area contributed by atoms with Gasteiger partial charge < -0.3 is 9.97 Å². The number of thioether (sulfide) groups is 8. The largest absolute Gasteiger partial charge is 0.324 e. The standard InChI is InChI=1S/C112H178N8S8/c1-9-17-25-33-41-49-57-65-73-121-97-81-89-90(82-98(97)122-74-66-58-50-42-34-26-18-10-2)106-113-105(89)117-107-91-83-99(123-75-67-59-51-43-35-27-19-11-3)100(124-76-68-60-52-44-36-28-20-12-4)84-92(91)109(114-107)119-111-95-87-103(127-79-71-63-55-47-39-31-23-15-7)104(128-80-72-64-56-48-40-32-24-16-8)88-96(95)112(116-111)120-110-94-86-102(126-78-70-62-54-46-38-30-22-14-6)101(85-93(94)108(115-110)118-106)125-77-69-61-53-45-37-29-21-13-5/h81-88H,9-80H2,1-8H3,(H2,113,114,115,116,117,118,119,120). The second-order valence-electron chi connectivity index (χ2n) is 37.6. The van der Waals surface area contributed by atoms with Gasteiger partial charge in [0.15, 0.2) is 23.3 Å². The molecule has 0 saturated heterocycles. The van der Waals surface area contributed by atoms with Crippen molar-refractivity contribution in [1.82, 2.24) is 39.9 Å². The molecular weight excluding hydrogens is 1710 g/mol. The molecule has 0 saturated carbocycles. The van der Waals surface area contributed by atoms with E-state index in [1.165, 1.54) is 450 Å². The highest BCUT2D eigenvalue weighted by molar-refractivity contribution is 8.03. The summed E-state index contributed by atoms with van der Waals surface area (Å²) in [5, 5.41) is 4.37. The van der Waals surface area contributed by atoms with Gasteiger partial charge in [-0.1, -0.05) is 415 Å². The number of H-pyrrole nitrogens is 2. The van der Waals surface area contributed by atoms with E-state index in [2.05, 4.69) is 208 Å². The van der Waals surface area contributed by atoms with Crippen molar-refractivity contribution >= 4 is 138 Å². The summed E-state index contributed by atoms with van der Waals surface area (Å²) in [5.74, 6) is 11.6. The summed E-state index contributed by atoms with van der Waals surface area (Å²) in [6.07, 6.45) is 84.4. The second-order valence-corrected chi connectivity index (χ2v) is 46.7. The Morgan fingerprint density at radius 3 is 0.422 bits per heavy atom. The SMILES string of the molecule is CCCCCCCCCCSc1cc2c(cc1SCCCCCCCCCC)-c1nc-2nc2[nH]c(nc3nc(nc4[nH]c(n1)c1cc(SCCCCCCCCCC)c(SCCCCCCCCCC)cc41)-c1cc(SCCCCCCCCCC)c(SCCCCCCCCCC)cc1-3)c1cc(SCCCCCCCCCC)c(SCCCCCCCCCC)cc21. The van der Waals surface area contributed by atoms with Crippen molar-refractivity contribution in [3.63, 3.8) is 0 Å². The molecule has 3 aromatic heterocycles. The Bertz CT molecular complexity index is 3780. The van der Waals surface area contributed by atoms with Crippen molar-refractivity contribution < 1.29 is 0 Å². The summed E-state index contributed by atoms with van der Waals surface area (Å²) >= 11 is 16.5. The van der Waals surface area contributed by atoms with E-state index in [9.17, 15) is 0 Å². The Balaban J connectivity index is 1.28. The molecule has 4 aromatic carbocycles. The monoisotopic (exact) mass is 1890 g/mol. The average molecular weight is 1890 g/mol. The molecule has 2 aliphatic heterocycles. The Morgan fingerprint density at radius 1 is 0.156 bits per heavy atom. The van der Waals surface area contributed by atoms with E-state index in [-0.39, 0.29) is 0 Å². The number of hydrogen-bond acceptors (Lipinski definition) is 14. The van der Waals surface area contributed by atoms with Crippen molar-refractivity contribution in [2.75, 3.05) is 46.0 Å². The summed E-state index contributed by atoms with van der Waals surface area (Å²) in [4.78, 5) is 54.6. The lowest BCUT2D eigenvalue weighted by molar-refractivity contribution is 0.586. The molecule has 2 aliphatic rings. The number of fused-ring (bicyclic) bond motifs is 20. The summed E-state index contributed by atoms with van der Waals surface area (Å²) in [5.41, 5.74) is 7.46. The Labute approximate surface area is 816 Å². The molecule has 0 radical (unpaired) electrons. The molecular formula is C112H178N8S8. The fourth-order valence-corrected chi connectivity index (χ4v) is 27.2. The highest BCUT2D eigenvalue weighted by Gasteiger charge is 2.28. The molecule has 0 spiro atoms. The molecule has 2 N–H and O–H groups in total. The van der Waals surface area contributed by atoms with Crippen LogP contribution in [0.5, 0.6) is 0 Å². The fourth-order valence-electron chi connectivity index (χ4n) is 18.1. The number of aromatic nitrogens is 8. The zero-order chi connectivity index (χ0) is 89.7. The third kappa shape index (κ3) is 40.4. The summed E-state index contributed by atoms with van der Waals surface area (Å²) in [7, 11) is 0. The van der Waals surface area contributed by atoms with Crippen molar-refractivity contribution in [2.45, 2.75) is 505 Å². The Kier molecular flexibility index (Phi) is 58.5. The summed E-state index contributed by atoms with van der Waals surface area (Å²) in [6.45, 7) is 18.7. The van der Waals surface area contributed by atoms with Crippen LogP contribution >= 0.6 is 94.1 Å². The third-order valence-electron chi connectivity index (χ3n) is 26.1. The Morgan fingerprint density at radius 2 is 0.281 bits per heavy atom. The smallest absolute Gasteiger partial charge is 0.164 e. The maximum absolute atomic E-state index is 5.99. The molecule has 5 heterocycles. The Hall–Kier alpha value is -2.96. The van der Waals surface area contributed by atoms with Gasteiger partial charge in [-0.3, -0.25) is 0 Å². The molecule has 0 unspecified atom stereocenters. The zero-order valence-electron chi connectivity index (χ0n) is 82.5. The van der Waals surface area contributed by atoms with Crippen molar-refractivity contribution in [3.05, 3.63) is 48.5 Å². The van der Waals surface area contributed by atoms with E-state index in [1.807, 2.05) is 0 Å². The first-order valence-electron chi connectivity index (χ1n) is 53.9. The van der Waals surface area contributed by atoms with Crippen molar-refractivity contribution in [2.24, 2.45) is 0 Å². The van der Waals surface area contributed by atoms with Crippen LogP contribution in [0, 0.1) is 0 Å². The summed E-state index contributed by atoms with van der Waals surface area (Å²) < 4.78 is 0. The summed E-state index contributed by atoms with van der Waals surface area (Å²) in [6, 6.07) is 20.0. The van der Waals surface area contributed by atoms with Crippen LogP contribution in [0.1, 0.15) is 466 Å². The van der Waals surface area contributed by atoms with Crippen molar-refractivity contribution in [1.29, 1.82) is 0 Å². The predicted molar refractivity (Wildman–Crippen MR) is 583 cm³/mol. The molecule has 0 amide bonds. The molecule has 0 fully saturated rings. The van der Waals surface area contributed by atoms with E-state index in [0.717, 1.165) is 112 Å². The fraction of sp³-hybridized carbons (Fsp3) is 0.714. The van der Waals surface area contributed by atoms with Crippen molar-refractivity contribution in [3.8, 4) is 45.6 Å². The molecule has 7 aromatic rings. The van der Waals surface area contributed by atoms with Gasteiger partial charge in [0, 0.05) is 83.0 Å². The topological polar surface area (TPSA) is 109 Å². The first-order chi connectivity index (χ1) is 63.3. The van der Waals surface area contributed by atoms with Crippen LogP contribution in [-0.4, -0.2) is 85.9 Å². The van der Waals surface area contributed by atoms with E-state index >= 15 is 0 Å². The van der Waals surface area contributed by atoms with Crippen LogP contribution in [0.2, 0.25) is 0 Å². The number of hydrogen-bond donors (Lipinski definition) is 2. The molecule has 714 valence electrons.